The highest BCUT2D eigenvalue weighted by Crippen LogP contribution is 2.40. The Morgan fingerprint density at radius 1 is 1.50 bits per heavy atom. The normalized spacial score (nSPS) is 21.0. The molecule has 0 saturated carbocycles. The summed E-state index contributed by atoms with van der Waals surface area (Å²) in [6, 6.07) is 1.82. The van der Waals surface area contributed by atoms with Crippen molar-refractivity contribution >= 4 is 5.91 Å². The summed E-state index contributed by atoms with van der Waals surface area (Å²) in [6.45, 7) is 8.26. The lowest BCUT2D eigenvalue weighted by atomic mass is 9.88. The highest BCUT2D eigenvalue weighted by atomic mass is 16.5. The number of carbonyl (C=O) groups excluding carboxylic acids is 1. The van der Waals surface area contributed by atoms with Crippen LogP contribution in [-0.2, 0) is 11.2 Å². The lowest BCUT2D eigenvalue weighted by Crippen LogP contribution is -2.51. The maximum Gasteiger partial charge on any atom is 0.263 e. The van der Waals surface area contributed by atoms with Gasteiger partial charge in [-0.05, 0) is 50.8 Å². The largest absolute Gasteiger partial charge is 0.507 e. The van der Waals surface area contributed by atoms with Crippen molar-refractivity contribution in [2.75, 3.05) is 6.54 Å². The van der Waals surface area contributed by atoms with Crippen molar-refractivity contribution in [1.29, 1.82) is 0 Å². The van der Waals surface area contributed by atoms with E-state index in [1.54, 1.807) is 0 Å². The minimum absolute atomic E-state index is 0.0617. The molecule has 1 aliphatic heterocycles. The molecule has 1 aliphatic rings. The standard InChI is InChI=1S/C16H23NO3/c1-5-8-17-15(19)16(4)7-6-12-11(3)14(18)10(2)9-13(12)20-16/h9,18H,5-8H2,1-4H3,(H,17,19). The van der Waals surface area contributed by atoms with E-state index in [2.05, 4.69) is 5.32 Å². The first-order chi connectivity index (χ1) is 9.39. The number of aromatic hydroxyl groups is 1. The molecule has 2 N–H and O–H groups in total. The fourth-order valence-electron chi connectivity index (χ4n) is 2.62. The van der Waals surface area contributed by atoms with Gasteiger partial charge in [0.2, 0.25) is 0 Å². The van der Waals surface area contributed by atoms with E-state index in [1.807, 2.05) is 33.8 Å². The summed E-state index contributed by atoms with van der Waals surface area (Å²) in [5, 5.41) is 12.9. The predicted octanol–water partition coefficient (Wildman–Crippen LogP) is 2.62. The molecule has 1 heterocycles. The van der Waals surface area contributed by atoms with Crippen molar-refractivity contribution in [3.8, 4) is 11.5 Å². The summed E-state index contributed by atoms with van der Waals surface area (Å²) in [4.78, 5) is 12.2. The van der Waals surface area contributed by atoms with E-state index in [0.717, 1.165) is 35.3 Å². The van der Waals surface area contributed by atoms with E-state index in [9.17, 15) is 9.90 Å². The first-order valence-corrected chi connectivity index (χ1v) is 7.18. The molecule has 0 radical (unpaired) electrons. The average Bonchev–Trinajstić information content (AvgIpc) is 2.42. The van der Waals surface area contributed by atoms with Crippen molar-refractivity contribution in [1.82, 2.24) is 5.32 Å². The number of carbonyl (C=O) groups is 1. The first kappa shape index (κ1) is 14.7. The van der Waals surface area contributed by atoms with Crippen LogP contribution in [0.3, 0.4) is 0 Å². The molecule has 1 atom stereocenters. The Kier molecular flexibility index (Phi) is 3.93. The summed E-state index contributed by atoms with van der Waals surface area (Å²) in [6.07, 6.45) is 2.27. The van der Waals surface area contributed by atoms with Crippen molar-refractivity contribution in [2.45, 2.75) is 52.6 Å². The third kappa shape index (κ3) is 2.47. The highest BCUT2D eigenvalue weighted by Gasteiger charge is 2.39. The second-order valence-corrected chi connectivity index (χ2v) is 5.73. The molecule has 0 aromatic heterocycles. The zero-order valence-electron chi connectivity index (χ0n) is 12.7. The summed E-state index contributed by atoms with van der Waals surface area (Å²) in [5.41, 5.74) is 1.82. The van der Waals surface area contributed by atoms with Gasteiger partial charge in [0.25, 0.3) is 5.91 Å². The fraction of sp³-hybridized carbons (Fsp3) is 0.562. The molecular formula is C16H23NO3. The molecule has 1 unspecified atom stereocenters. The Balaban J connectivity index is 2.29. The maximum atomic E-state index is 12.2. The van der Waals surface area contributed by atoms with Crippen molar-refractivity contribution in [3.63, 3.8) is 0 Å². The van der Waals surface area contributed by atoms with E-state index in [-0.39, 0.29) is 5.91 Å². The van der Waals surface area contributed by atoms with Gasteiger partial charge in [0.1, 0.15) is 11.5 Å². The van der Waals surface area contributed by atoms with Crippen LogP contribution < -0.4 is 10.1 Å². The number of benzene rings is 1. The minimum atomic E-state index is -0.821. The Hall–Kier alpha value is -1.71. The smallest absolute Gasteiger partial charge is 0.263 e. The number of phenols is 1. The molecule has 1 aromatic carbocycles. The summed E-state index contributed by atoms with van der Waals surface area (Å²) >= 11 is 0. The molecule has 0 fully saturated rings. The number of rotatable bonds is 3. The molecule has 20 heavy (non-hydrogen) atoms. The lowest BCUT2D eigenvalue weighted by Gasteiger charge is -2.35. The van der Waals surface area contributed by atoms with Gasteiger partial charge in [0, 0.05) is 18.5 Å². The van der Waals surface area contributed by atoms with Gasteiger partial charge in [-0.3, -0.25) is 4.79 Å². The van der Waals surface area contributed by atoms with Crippen LogP contribution >= 0.6 is 0 Å². The monoisotopic (exact) mass is 277 g/mol. The summed E-state index contributed by atoms with van der Waals surface area (Å²) in [7, 11) is 0. The van der Waals surface area contributed by atoms with Gasteiger partial charge in [-0.15, -0.1) is 0 Å². The minimum Gasteiger partial charge on any atom is -0.507 e. The van der Waals surface area contributed by atoms with Crippen LogP contribution in [0.25, 0.3) is 0 Å². The van der Waals surface area contributed by atoms with Gasteiger partial charge < -0.3 is 15.2 Å². The molecule has 4 nitrogen and oxygen atoms in total. The van der Waals surface area contributed by atoms with Gasteiger partial charge >= 0.3 is 0 Å². The zero-order chi connectivity index (χ0) is 14.9. The molecule has 0 spiro atoms. The topological polar surface area (TPSA) is 58.6 Å². The molecule has 0 saturated heterocycles. The van der Waals surface area contributed by atoms with Crippen LogP contribution in [0.5, 0.6) is 11.5 Å². The fourth-order valence-corrected chi connectivity index (χ4v) is 2.62. The zero-order valence-corrected chi connectivity index (χ0v) is 12.7. The van der Waals surface area contributed by atoms with Crippen LogP contribution in [0.4, 0.5) is 0 Å². The number of nitrogens with one attached hydrogen (secondary N) is 1. The van der Waals surface area contributed by atoms with Crippen molar-refractivity contribution < 1.29 is 14.6 Å². The number of ether oxygens (including phenoxy) is 1. The molecule has 1 aromatic rings. The van der Waals surface area contributed by atoms with Gasteiger partial charge in [-0.2, -0.15) is 0 Å². The molecule has 1 amide bonds. The molecule has 0 bridgehead atoms. The van der Waals surface area contributed by atoms with Gasteiger partial charge in [-0.1, -0.05) is 6.92 Å². The number of fused-ring (bicyclic) bond motifs is 1. The Morgan fingerprint density at radius 3 is 2.85 bits per heavy atom. The highest BCUT2D eigenvalue weighted by molar-refractivity contribution is 5.85. The number of amides is 1. The predicted molar refractivity (Wildman–Crippen MR) is 78.2 cm³/mol. The van der Waals surface area contributed by atoms with Crippen LogP contribution in [0.2, 0.25) is 0 Å². The van der Waals surface area contributed by atoms with Crippen molar-refractivity contribution in [2.24, 2.45) is 0 Å². The van der Waals surface area contributed by atoms with Crippen LogP contribution in [0.15, 0.2) is 6.07 Å². The lowest BCUT2D eigenvalue weighted by molar-refractivity contribution is -0.136. The Labute approximate surface area is 120 Å². The van der Waals surface area contributed by atoms with Gasteiger partial charge in [-0.25, -0.2) is 0 Å². The maximum absolute atomic E-state index is 12.2. The second-order valence-electron chi connectivity index (χ2n) is 5.73. The Morgan fingerprint density at radius 2 is 2.20 bits per heavy atom. The third-order valence-electron chi connectivity index (χ3n) is 4.03. The molecule has 110 valence electrons. The molecule has 2 rings (SSSR count). The average molecular weight is 277 g/mol. The summed E-state index contributed by atoms with van der Waals surface area (Å²) in [5.74, 6) is 0.984. The number of aryl methyl sites for hydroxylation is 1. The van der Waals surface area contributed by atoms with E-state index in [0.29, 0.717) is 18.7 Å². The second kappa shape index (κ2) is 5.35. The number of hydrogen-bond acceptors (Lipinski definition) is 3. The first-order valence-electron chi connectivity index (χ1n) is 7.18. The molecule has 4 heteroatoms. The van der Waals surface area contributed by atoms with Crippen LogP contribution in [-0.4, -0.2) is 23.2 Å². The Bertz CT molecular complexity index is 539. The van der Waals surface area contributed by atoms with Crippen LogP contribution in [0.1, 0.15) is 43.4 Å². The van der Waals surface area contributed by atoms with Gasteiger partial charge in [0.05, 0.1) is 0 Å². The van der Waals surface area contributed by atoms with E-state index >= 15 is 0 Å². The van der Waals surface area contributed by atoms with Crippen molar-refractivity contribution in [3.05, 3.63) is 22.8 Å². The SMILES string of the molecule is CCCNC(=O)C1(C)CCc2c(cc(C)c(O)c2C)O1. The number of hydrogen-bond donors (Lipinski definition) is 2. The van der Waals surface area contributed by atoms with E-state index in [1.165, 1.54) is 0 Å². The third-order valence-corrected chi connectivity index (χ3v) is 4.03. The molecular weight excluding hydrogens is 254 g/mol. The quantitative estimate of drug-likeness (QED) is 0.893. The van der Waals surface area contributed by atoms with Gasteiger partial charge in [0.15, 0.2) is 5.60 Å². The number of phenolic OH excluding ortho intramolecular Hbond substituents is 1. The molecule has 0 aliphatic carbocycles. The van der Waals surface area contributed by atoms with E-state index < -0.39 is 5.60 Å². The summed E-state index contributed by atoms with van der Waals surface area (Å²) < 4.78 is 5.97. The van der Waals surface area contributed by atoms with E-state index in [4.69, 9.17) is 4.74 Å². The van der Waals surface area contributed by atoms with Crippen LogP contribution in [0, 0.1) is 13.8 Å².